The van der Waals surface area contributed by atoms with E-state index in [4.69, 9.17) is 0 Å². The van der Waals surface area contributed by atoms with Crippen molar-refractivity contribution in [1.82, 2.24) is 9.97 Å². The Bertz CT molecular complexity index is 586. The highest BCUT2D eigenvalue weighted by atomic mass is 19.1. The van der Waals surface area contributed by atoms with Crippen molar-refractivity contribution >= 4 is 17.4 Å². The zero-order valence-electron chi connectivity index (χ0n) is 11.1. The van der Waals surface area contributed by atoms with Gasteiger partial charge in [-0.05, 0) is 24.6 Å². The molecule has 2 aromatic rings. The molecule has 104 valence electrons. The molecule has 0 saturated carbocycles. The second-order valence-corrected chi connectivity index (χ2v) is 4.17. The molecule has 0 radical (unpaired) electrons. The van der Waals surface area contributed by atoms with Gasteiger partial charge in [0.15, 0.2) is 5.82 Å². The van der Waals surface area contributed by atoms with Crippen LogP contribution in [0.15, 0.2) is 36.8 Å². The molecule has 0 spiro atoms. The second kappa shape index (κ2) is 6.60. The summed E-state index contributed by atoms with van der Waals surface area (Å²) in [6.07, 6.45) is 4.90. The molecular formula is C14H15FN4O. The molecule has 0 aliphatic heterocycles. The minimum absolute atomic E-state index is 0.0955. The molecule has 0 aromatic carbocycles. The van der Waals surface area contributed by atoms with Gasteiger partial charge in [-0.15, -0.1) is 0 Å². The first-order chi connectivity index (χ1) is 9.70. The number of hydrogen-bond acceptors (Lipinski definition) is 4. The molecule has 0 aliphatic carbocycles. The summed E-state index contributed by atoms with van der Waals surface area (Å²) in [5.74, 6) is -0.279. The van der Waals surface area contributed by atoms with Gasteiger partial charge in [-0.1, -0.05) is 6.92 Å². The van der Waals surface area contributed by atoms with Gasteiger partial charge in [0.25, 0.3) is 5.91 Å². The standard InChI is InChI=1S/C14H15FN4O/c1-2-6-17-13-4-3-10(8-18-13)14(20)19-12-5-7-16-9-11(12)15/h3-5,7-9H,2,6H2,1H3,(H,17,18)(H,16,19,20). The molecule has 0 unspecified atom stereocenters. The predicted octanol–water partition coefficient (Wildman–Crippen LogP) is 2.69. The van der Waals surface area contributed by atoms with E-state index < -0.39 is 11.7 Å². The maximum Gasteiger partial charge on any atom is 0.257 e. The number of pyridine rings is 2. The van der Waals surface area contributed by atoms with E-state index >= 15 is 0 Å². The summed E-state index contributed by atoms with van der Waals surface area (Å²) in [5.41, 5.74) is 0.460. The number of aromatic nitrogens is 2. The third-order valence-corrected chi connectivity index (χ3v) is 2.60. The normalized spacial score (nSPS) is 10.1. The predicted molar refractivity (Wildman–Crippen MR) is 75.2 cm³/mol. The van der Waals surface area contributed by atoms with Gasteiger partial charge in [0.2, 0.25) is 0 Å². The SMILES string of the molecule is CCCNc1ccc(C(=O)Nc2ccncc2F)cn1. The van der Waals surface area contributed by atoms with E-state index in [0.717, 1.165) is 19.2 Å². The lowest BCUT2D eigenvalue weighted by molar-refractivity contribution is 0.102. The monoisotopic (exact) mass is 274 g/mol. The molecule has 0 fully saturated rings. The van der Waals surface area contributed by atoms with Gasteiger partial charge < -0.3 is 10.6 Å². The van der Waals surface area contributed by atoms with Crippen LogP contribution >= 0.6 is 0 Å². The van der Waals surface area contributed by atoms with Crippen molar-refractivity contribution in [2.45, 2.75) is 13.3 Å². The lowest BCUT2D eigenvalue weighted by Gasteiger charge is -2.07. The van der Waals surface area contributed by atoms with Crippen LogP contribution in [-0.2, 0) is 0 Å². The smallest absolute Gasteiger partial charge is 0.257 e. The molecule has 0 saturated heterocycles. The van der Waals surface area contributed by atoms with Gasteiger partial charge in [-0.3, -0.25) is 9.78 Å². The highest BCUT2D eigenvalue weighted by Gasteiger charge is 2.09. The van der Waals surface area contributed by atoms with E-state index in [2.05, 4.69) is 27.5 Å². The molecule has 2 heterocycles. The number of nitrogens with one attached hydrogen (secondary N) is 2. The fourth-order valence-electron chi connectivity index (χ4n) is 1.56. The van der Waals surface area contributed by atoms with Crippen LogP contribution in [0.3, 0.4) is 0 Å². The van der Waals surface area contributed by atoms with Gasteiger partial charge in [0.1, 0.15) is 5.82 Å². The molecule has 20 heavy (non-hydrogen) atoms. The zero-order chi connectivity index (χ0) is 14.4. The van der Waals surface area contributed by atoms with Crippen molar-refractivity contribution < 1.29 is 9.18 Å². The molecule has 1 amide bonds. The summed E-state index contributed by atoms with van der Waals surface area (Å²) >= 11 is 0. The molecule has 5 nitrogen and oxygen atoms in total. The lowest BCUT2D eigenvalue weighted by atomic mass is 10.2. The van der Waals surface area contributed by atoms with E-state index in [0.29, 0.717) is 11.4 Å². The number of amides is 1. The van der Waals surface area contributed by atoms with Crippen molar-refractivity contribution in [3.8, 4) is 0 Å². The zero-order valence-corrected chi connectivity index (χ0v) is 11.1. The average Bonchev–Trinajstić information content (AvgIpc) is 2.48. The summed E-state index contributed by atoms with van der Waals surface area (Å²) in [5, 5.41) is 5.58. The first kappa shape index (κ1) is 13.9. The van der Waals surface area contributed by atoms with Gasteiger partial charge >= 0.3 is 0 Å². The van der Waals surface area contributed by atoms with Crippen molar-refractivity contribution in [3.05, 3.63) is 48.2 Å². The summed E-state index contributed by atoms with van der Waals surface area (Å²) in [6, 6.07) is 4.75. The maximum atomic E-state index is 13.4. The average molecular weight is 274 g/mol. The third-order valence-electron chi connectivity index (χ3n) is 2.60. The van der Waals surface area contributed by atoms with Crippen LogP contribution in [0, 0.1) is 5.82 Å². The van der Waals surface area contributed by atoms with E-state index in [9.17, 15) is 9.18 Å². The van der Waals surface area contributed by atoms with Gasteiger partial charge in [-0.2, -0.15) is 0 Å². The Morgan fingerprint density at radius 2 is 2.15 bits per heavy atom. The first-order valence-electron chi connectivity index (χ1n) is 6.31. The number of halogens is 1. The summed E-state index contributed by atoms with van der Waals surface area (Å²) in [6.45, 7) is 2.87. The van der Waals surface area contributed by atoms with Crippen LogP contribution in [0.1, 0.15) is 23.7 Å². The summed E-state index contributed by atoms with van der Waals surface area (Å²) in [7, 11) is 0. The number of hydrogen-bond donors (Lipinski definition) is 2. The van der Waals surface area contributed by atoms with Crippen molar-refractivity contribution in [1.29, 1.82) is 0 Å². The Kier molecular flexibility index (Phi) is 4.60. The largest absolute Gasteiger partial charge is 0.370 e. The second-order valence-electron chi connectivity index (χ2n) is 4.17. The number of carbonyl (C=O) groups is 1. The van der Waals surface area contributed by atoms with Crippen molar-refractivity contribution in [3.63, 3.8) is 0 Å². The van der Waals surface area contributed by atoms with Gasteiger partial charge in [0, 0.05) is 18.9 Å². The van der Waals surface area contributed by atoms with Gasteiger partial charge in [0.05, 0.1) is 17.4 Å². The molecule has 2 rings (SSSR count). The molecular weight excluding hydrogens is 259 g/mol. The van der Waals surface area contributed by atoms with E-state index in [-0.39, 0.29) is 5.69 Å². The molecule has 0 atom stereocenters. The number of carbonyl (C=O) groups excluding carboxylic acids is 1. The van der Waals surface area contributed by atoms with Crippen LogP contribution in [0.2, 0.25) is 0 Å². The van der Waals surface area contributed by atoms with E-state index in [1.807, 2.05) is 0 Å². The molecule has 0 aliphatic rings. The number of nitrogens with zero attached hydrogens (tertiary/aromatic N) is 2. The van der Waals surface area contributed by atoms with Crippen LogP contribution in [0.5, 0.6) is 0 Å². The Labute approximate surface area is 116 Å². The van der Waals surface area contributed by atoms with E-state index in [1.54, 1.807) is 12.1 Å². The van der Waals surface area contributed by atoms with E-state index in [1.165, 1.54) is 18.5 Å². The maximum absolute atomic E-state index is 13.4. The van der Waals surface area contributed by atoms with Crippen molar-refractivity contribution in [2.24, 2.45) is 0 Å². The quantitative estimate of drug-likeness (QED) is 0.879. The van der Waals surface area contributed by atoms with Crippen molar-refractivity contribution in [2.75, 3.05) is 17.2 Å². The fourth-order valence-corrected chi connectivity index (χ4v) is 1.56. The molecule has 0 bridgehead atoms. The molecule has 2 N–H and O–H groups in total. The Morgan fingerprint density at radius 1 is 1.30 bits per heavy atom. The highest BCUT2D eigenvalue weighted by molar-refractivity contribution is 6.04. The minimum atomic E-state index is -0.574. The van der Waals surface area contributed by atoms with Gasteiger partial charge in [-0.25, -0.2) is 9.37 Å². The van der Waals surface area contributed by atoms with Crippen LogP contribution < -0.4 is 10.6 Å². The highest BCUT2D eigenvalue weighted by Crippen LogP contribution is 2.13. The number of anilines is 2. The lowest BCUT2D eigenvalue weighted by Crippen LogP contribution is -2.13. The third kappa shape index (κ3) is 3.50. The molecule has 6 heteroatoms. The Balaban J connectivity index is 2.04. The fraction of sp³-hybridized carbons (Fsp3) is 0.214. The Morgan fingerprint density at radius 3 is 2.80 bits per heavy atom. The van der Waals surface area contributed by atoms with Crippen LogP contribution in [-0.4, -0.2) is 22.4 Å². The first-order valence-corrected chi connectivity index (χ1v) is 6.31. The van der Waals surface area contributed by atoms with Crippen LogP contribution in [0.25, 0.3) is 0 Å². The minimum Gasteiger partial charge on any atom is -0.370 e. The molecule has 2 aromatic heterocycles. The summed E-state index contributed by atoms with van der Waals surface area (Å²) in [4.78, 5) is 19.7. The number of rotatable bonds is 5. The Hall–Kier alpha value is -2.50. The van der Waals surface area contributed by atoms with Crippen LogP contribution in [0.4, 0.5) is 15.9 Å². The summed E-state index contributed by atoms with van der Waals surface area (Å²) < 4.78 is 13.4. The topological polar surface area (TPSA) is 66.9 Å².